The number of amides is 3. The molecule has 3 N–H and O–H groups in total. The average molecular weight is 333 g/mol. The van der Waals surface area contributed by atoms with Crippen LogP contribution in [0.3, 0.4) is 0 Å². The van der Waals surface area contributed by atoms with Crippen LogP contribution < -0.4 is 11.1 Å². The van der Waals surface area contributed by atoms with Gasteiger partial charge in [-0.25, -0.2) is 4.79 Å². The maximum Gasteiger partial charge on any atom is 0.318 e. The zero-order valence-corrected chi connectivity index (χ0v) is 13.9. The van der Waals surface area contributed by atoms with Gasteiger partial charge in [0.2, 0.25) is 5.91 Å². The molecule has 1 heterocycles. The Morgan fingerprint density at radius 1 is 1.35 bits per heavy atom. The Labute approximate surface area is 138 Å². The zero-order valence-electron chi connectivity index (χ0n) is 13.1. The van der Waals surface area contributed by atoms with Crippen molar-refractivity contribution in [3.05, 3.63) is 29.8 Å². The van der Waals surface area contributed by atoms with Crippen LogP contribution in [0.4, 0.5) is 4.79 Å². The Balaban J connectivity index is 2.06. The van der Waals surface area contributed by atoms with E-state index in [2.05, 4.69) is 16.3 Å². The number of aromatic nitrogens is 3. The number of hydrogen-bond donors (Lipinski definition) is 2. The highest BCUT2D eigenvalue weighted by molar-refractivity contribution is 7.99. The number of rotatable bonds is 6. The van der Waals surface area contributed by atoms with Gasteiger partial charge in [-0.2, -0.15) is 0 Å². The molecule has 0 atom stereocenters. The molecule has 2 aromatic rings. The van der Waals surface area contributed by atoms with Crippen LogP contribution >= 0.6 is 11.8 Å². The van der Waals surface area contributed by atoms with Gasteiger partial charge in [0, 0.05) is 24.3 Å². The molecular formula is C15H19N5O2S. The average Bonchev–Trinajstić information content (AvgIpc) is 2.89. The molecule has 0 aliphatic heterocycles. The molecule has 1 aromatic heterocycles. The van der Waals surface area contributed by atoms with E-state index in [1.807, 2.05) is 41.9 Å². The van der Waals surface area contributed by atoms with Gasteiger partial charge < -0.3 is 10.3 Å². The van der Waals surface area contributed by atoms with Crippen molar-refractivity contribution in [3.8, 4) is 11.4 Å². The zero-order chi connectivity index (χ0) is 16.8. The fourth-order valence-corrected chi connectivity index (χ4v) is 3.05. The van der Waals surface area contributed by atoms with Crippen LogP contribution in [0.15, 0.2) is 29.4 Å². The first-order valence-corrected chi connectivity index (χ1v) is 8.22. The van der Waals surface area contributed by atoms with Crippen LogP contribution in [0.2, 0.25) is 0 Å². The molecule has 0 aliphatic carbocycles. The van der Waals surface area contributed by atoms with Crippen molar-refractivity contribution in [1.29, 1.82) is 0 Å². The first-order chi connectivity index (χ1) is 11.0. The van der Waals surface area contributed by atoms with Crippen molar-refractivity contribution in [3.63, 3.8) is 0 Å². The summed E-state index contributed by atoms with van der Waals surface area (Å²) in [7, 11) is 0. The van der Waals surface area contributed by atoms with Crippen LogP contribution in [0.5, 0.6) is 0 Å². The summed E-state index contributed by atoms with van der Waals surface area (Å²) < 4.78 is 2.01. The summed E-state index contributed by atoms with van der Waals surface area (Å²) in [5, 5.41) is 11.3. The molecule has 0 aliphatic rings. The van der Waals surface area contributed by atoms with Gasteiger partial charge >= 0.3 is 6.03 Å². The van der Waals surface area contributed by atoms with Gasteiger partial charge in [-0.05, 0) is 19.9 Å². The van der Waals surface area contributed by atoms with E-state index < -0.39 is 11.9 Å². The summed E-state index contributed by atoms with van der Waals surface area (Å²) in [4.78, 5) is 22.0. The number of primary amides is 1. The molecule has 0 saturated heterocycles. The second-order valence-electron chi connectivity index (χ2n) is 4.93. The molecule has 8 heteroatoms. The third-order valence-electron chi connectivity index (χ3n) is 3.13. The minimum atomic E-state index is -0.835. The Morgan fingerprint density at radius 3 is 2.78 bits per heavy atom. The normalized spacial score (nSPS) is 10.5. The van der Waals surface area contributed by atoms with Gasteiger partial charge in [-0.1, -0.05) is 35.5 Å². The second-order valence-corrected chi connectivity index (χ2v) is 5.99. The van der Waals surface area contributed by atoms with E-state index in [0.29, 0.717) is 5.75 Å². The molecule has 0 spiro atoms. The number of nitrogens with zero attached hydrogens (tertiary/aromatic N) is 3. The van der Waals surface area contributed by atoms with E-state index in [9.17, 15) is 9.59 Å². The molecule has 122 valence electrons. The quantitative estimate of drug-likeness (QED) is 0.787. The summed E-state index contributed by atoms with van der Waals surface area (Å²) >= 11 is 1.42. The number of carbonyl (C=O) groups is 2. The van der Waals surface area contributed by atoms with E-state index in [1.165, 1.54) is 11.8 Å². The van der Waals surface area contributed by atoms with Crippen LogP contribution in [0.1, 0.15) is 18.9 Å². The first-order valence-electron chi connectivity index (χ1n) is 7.23. The molecular weight excluding hydrogens is 314 g/mol. The van der Waals surface area contributed by atoms with E-state index in [-0.39, 0.29) is 6.42 Å². The van der Waals surface area contributed by atoms with Gasteiger partial charge in [-0.3, -0.25) is 10.1 Å². The third kappa shape index (κ3) is 4.56. The molecule has 0 unspecified atom stereocenters. The summed E-state index contributed by atoms with van der Waals surface area (Å²) in [5.74, 6) is 0.900. The molecule has 0 saturated carbocycles. The van der Waals surface area contributed by atoms with Crippen molar-refractivity contribution >= 4 is 23.7 Å². The highest BCUT2D eigenvalue weighted by atomic mass is 32.2. The lowest BCUT2D eigenvalue weighted by Crippen LogP contribution is -2.35. The van der Waals surface area contributed by atoms with E-state index >= 15 is 0 Å². The molecule has 0 fully saturated rings. The molecule has 23 heavy (non-hydrogen) atoms. The lowest BCUT2D eigenvalue weighted by Gasteiger charge is -2.07. The summed E-state index contributed by atoms with van der Waals surface area (Å²) in [5.41, 5.74) is 7.07. The molecule has 7 nitrogen and oxygen atoms in total. The number of nitrogens with one attached hydrogen (secondary N) is 1. The van der Waals surface area contributed by atoms with E-state index in [4.69, 9.17) is 5.73 Å². The molecule has 1 aromatic carbocycles. The van der Waals surface area contributed by atoms with Crippen LogP contribution in [-0.4, -0.2) is 32.5 Å². The second kappa shape index (κ2) is 7.77. The van der Waals surface area contributed by atoms with E-state index in [0.717, 1.165) is 28.7 Å². The highest BCUT2D eigenvalue weighted by Crippen LogP contribution is 2.24. The lowest BCUT2D eigenvalue weighted by molar-refractivity contribution is -0.119. The first kappa shape index (κ1) is 17.0. The molecule has 2 rings (SSSR count). The van der Waals surface area contributed by atoms with Crippen molar-refractivity contribution < 1.29 is 9.59 Å². The number of hydrogen-bond acceptors (Lipinski definition) is 5. The largest absolute Gasteiger partial charge is 0.351 e. The summed E-state index contributed by atoms with van der Waals surface area (Å²) in [6.07, 6.45) is 0.184. The summed E-state index contributed by atoms with van der Waals surface area (Å²) in [6.45, 7) is 4.78. The van der Waals surface area contributed by atoms with Crippen molar-refractivity contribution in [2.75, 3.05) is 5.75 Å². The van der Waals surface area contributed by atoms with Crippen LogP contribution in [0.25, 0.3) is 11.4 Å². The van der Waals surface area contributed by atoms with Gasteiger partial charge in [0.15, 0.2) is 11.0 Å². The fraction of sp³-hybridized carbons (Fsp3) is 0.333. The SMILES string of the molecule is CCn1c(SCCC(=O)NC(N)=O)nnc1-c1cccc(C)c1. The van der Waals surface area contributed by atoms with Gasteiger partial charge in [0.1, 0.15) is 0 Å². The molecule has 0 bridgehead atoms. The number of imide groups is 1. The lowest BCUT2D eigenvalue weighted by atomic mass is 10.1. The standard InChI is InChI=1S/C15H19N5O2S/c1-3-20-13(11-6-4-5-10(2)9-11)18-19-15(20)23-8-7-12(21)17-14(16)22/h4-6,9H,3,7-8H2,1-2H3,(H3,16,17,21,22). The number of urea groups is 1. The number of carbonyl (C=O) groups excluding carboxylic acids is 2. The Morgan fingerprint density at radius 2 is 2.13 bits per heavy atom. The van der Waals surface area contributed by atoms with Gasteiger partial charge in [0.25, 0.3) is 0 Å². The predicted octanol–water partition coefficient (Wildman–Crippen LogP) is 1.95. The fourth-order valence-electron chi connectivity index (χ4n) is 2.11. The topological polar surface area (TPSA) is 103 Å². The third-order valence-corrected chi connectivity index (χ3v) is 4.10. The maximum absolute atomic E-state index is 11.4. The number of aryl methyl sites for hydroxylation is 1. The van der Waals surface area contributed by atoms with Gasteiger partial charge in [-0.15, -0.1) is 10.2 Å². The Hall–Kier alpha value is -2.35. The predicted molar refractivity (Wildman–Crippen MR) is 88.9 cm³/mol. The maximum atomic E-state index is 11.4. The van der Waals surface area contributed by atoms with Crippen molar-refractivity contribution in [2.45, 2.75) is 32.0 Å². The number of benzene rings is 1. The monoisotopic (exact) mass is 333 g/mol. The Bertz CT molecular complexity index is 714. The van der Waals surface area contributed by atoms with Crippen LogP contribution in [0, 0.1) is 6.92 Å². The minimum Gasteiger partial charge on any atom is -0.351 e. The summed E-state index contributed by atoms with van der Waals surface area (Å²) in [6, 6.07) is 7.24. The molecule has 3 amide bonds. The highest BCUT2D eigenvalue weighted by Gasteiger charge is 2.14. The minimum absolute atomic E-state index is 0.184. The van der Waals surface area contributed by atoms with Crippen molar-refractivity contribution in [1.82, 2.24) is 20.1 Å². The van der Waals surface area contributed by atoms with Gasteiger partial charge in [0.05, 0.1) is 0 Å². The Kier molecular flexibility index (Phi) is 5.75. The number of nitrogens with two attached hydrogens (primary N) is 1. The van der Waals surface area contributed by atoms with Crippen LogP contribution in [-0.2, 0) is 11.3 Å². The van der Waals surface area contributed by atoms with E-state index in [1.54, 1.807) is 0 Å². The number of thioether (sulfide) groups is 1. The van der Waals surface area contributed by atoms with Crippen molar-refractivity contribution in [2.24, 2.45) is 5.73 Å². The molecule has 0 radical (unpaired) electrons. The smallest absolute Gasteiger partial charge is 0.318 e.